The Bertz CT molecular complexity index is 298. The zero-order chi connectivity index (χ0) is 10.0. The van der Waals surface area contributed by atoms with Crippen molar-refractivity contribution in [3.8, 4) is 0 Å². The molecule has 48 valence electrons. The first-order valence-corrected chi connectivity index (χ1v) is 2.60. The lowest BCUT2D eigenvalue weighted by Crippen LogP contribution is -1.88. The predicted octanol–water partition coefficient (Wildman–Crippen LogP) is 1.89. The van der Waals surface area contributed by atoms with Crippen LogP contribution < -0.4 is 5.73 Å². The molecule has 0 unspecified atom stereocenters. The van der Waals surface area contributed by atoms with Crippen LogP contribution in [0.15, 0.2) is 18.2 Å². The Labute approximate surface area is 61.1 Å². The van der Waals surface area contributed by atoms with Gasteiger partial charge in [0.05, 0.1) is 0 Å². The molecule has 0 spiro atoms. The van der Waals surface area contributed by atoms with E-state index in [1.807, 2.05) is 0 Å². The maximum Gasteiger partial charge on any atom is 0.0346 e. The lowest BCUT2D eigenvalue weighted by Gasteiger charge is -1.98. The second kappa shape index (κ2) is 2.09. The summed E-state index contributed by atoms with van der Waals surface area (Å²) in [7, 11) is 0. The highest BCUT2D eigenvalue weighted by Gasteiger charge is 1.89. The topological polar surface area (TPSA) is 26.0 Å². The van der Waals surface area contributed by atoms with Crippen molar-refractivity contribution in [3.05, 3.63) is 29.3 Å². The highest BCUT2D eigenvalue weighted by molar-refractivity contribution is 5.47. The molecular formula is C8H11N. The van der Waals surface area contributed by atoms with Gasteiger partial charge in [-0.1, -0.05) is 12.1 Å². The summed E-state index contributed by atoms with van der Waals surface area (Å²) >= 11 is 0. The van der Waals surface area contributed by atoms with Crippen molar-refractivity contribution in [1.82, 2.24) is 0 Å². The molecule has 9 heavy (non-hydrogen) atoms. The number of anilines is 1. The van der Waals surface area contributed by atoms with Crippen molar-refractivity contribution in [2.24, 2.45) is 0 Å². The molecule has 0 heterocycles. The third-order valence-electron chi connectivity index (χ3n) is 1.11. The molecule has 0 aliphatic carbocycles. The molecule has 0 atom stereocenters. The molecule has 1 heteroatoms. The summed E-state index contributed by atoms with van der Waals surface area (Å²) < 4.78 is 28.5. The van der Waals surface area contributed by atoms with E-state index in [4.69, 9.17) is 11.2 Å². The van der Waals surface area contributed by atoms with Crippen LogP contribution in [-0.4, -0.2) is 0 Å². The van der Waals surface area contributed by atoms with Gasteiger partial charge in [-0.2, -0.15) is 0 Å². The van der Waals surface area contributed by atoms with Gasteiger partial charge in [-0.05, 0) is 30.9 Å². The zero-order valence-corrected chi connectivity index (χ0v) is 4.96. The minimum atomic E-state index is -1.11. The Morgan fingerprint density at radius 2 is 2.33 bits per heavy atom. The van der Waals surface area contributed by atoms with Crippen LogP contribution in [0.25, 0.3) is 0 Å². The van der Waals surface area contributed by atoms with Gasteiger partial charge < -0.3 is 5.73 Å². The molecule has 1 nitrogen and oxygen atoms in total. The van der Waals surface area contributed by atoms with E-state index >= 15 is 0 Å². The van der Waals surface area contributed by atoms with Crippen LogP contribution in [0.5, 0.6) is 0 Å². The minimum absolute atomic E-state index is 0.317. The van der Waals surface area contributed by atoms with E-state index < -0.39 is 13.8 Å². The normalized spacial score (nSPS) is 16.7. The molecule has 2 N–H and O–H groups in total. The first-order valence-electron chi connectivity index (χ1n) is 4.91. The molecule has 0 saturated carbocycles. The molecule has 0 fully saturated rings. The van der Waals surface area contributed by atoms with Crippen molar-refractivity contribution in [3.63, 3.8) is 0 Å². The van der Waals surface area contributed by atoms with Crippen molar-refractivity contribution < 1.29 is 5.48 Å². The highest BCUT2D eigenvalue weighted by atomic mass is 14.5. The largest absolute Gasteiger partial charge is 0.399 e. The summed E-state index contributed by atoms with van der Waals surface area (Å²) in [5.41, 5.74) is 6.78. The van der Waals surface area contributed by atoms with Crippen LogP contribution in [0.4, 0.5) is 5.69 Å². The van der Waals surface area contributed by atoms with E-state index in [0.29, 0.717) is 16.8 Å². The van der Waals surface area contributed by atoms with E-state index in [0.717, 1.165) is 0 Å². The lowest BCUT2D eigenvalue weighted by molar-refractivity contribution is 1.40. The minimum Gasteiger partial charge on any atom is -0.399 e. The van der Waals surface area contributed by atoms with Gasteiger partial charge in [-0.15, -0.1) is 0 Å². The van der Waals surface area contributed by atoms with Crippen LogP contribution in [0.2, 0.25) is 0 Å². The van der Waals surface area contributed by atoms with Gasteiger partial charge in [0.2, 0.25) is 0 Å². The molecule has 0 aliphatic rings. The molecule has 1 aromatic rings. The third-order valence-corrected chi connectivity index (χ3v) is 1.11. The van der Waals surface area contributed by atoms with E-state index in [1.54, 1.807) is 6.07 Å². The van der Waals surface area contributed by atoms with Crippen LogP contribution in [0, 0.1) is 13.8 Å². The van der Waals surface area contributed by atoms with Gasteiger partial charge in [-0.3, -0.25) is 0 Å². The second-order valence-electron chi connectivity index (χ2n) is 1.89. The fourth-order valence-corrected chi connectivity index (χ4v) is 0.593. The van der Waals surface area contributed by atoms with Crippen molar-refractivity contribution in [2.45, 2.75) is 13.8 Å². The Balaban J connectivity index is 3.06. The molecule has 0 aliphatic heterocycles. The Kier molecular flexibility index (Phi) is 0.637. The molecule has 0 bridgehead atoms. The van der Waals surface area contributed by atoms with Crippen LogP contribution in [-0.2, 0) is 0 Å². The summed E-state index contributed by atoms with van der Waals surface area (Å²) in [6.45, 7) is -2.17. The van der Waals surface area contributed by atoms with Gasteiger partial charge in [0.1, 0.15) is 0 Å². The lowest BCUT2D eigenvalue weighted by atomic mass is 10.1. The molecule has 1 rings (SSSR count). The van der Waals surface area contributed by atoms with Crippen LogP contribution in [0.1, 0.15) is 16.6 Å². The van der Waals surface area contributed by atoms with Gasteiger partial charge >= 0.3 is 0 Å². The fourth-order valence-electron chi connectivity index (χ4n) is 0.593. The van der Waals surface area contributed by atoms with Gasteiger partial charge in [0.25, 0.3) is 0 Å². The Hall–Kier alpha value is -0.980. The van der Waals surface area contributed by atoms with E-state index in [2.05, 4.69) is 0 Å². The molecular weight excluding hydrogens is 110 g/mol. The number of hydrogen-bond acceptors (Lipinski definition) is 1. The zero-order valence-electron chi connectivity index (χ0n) is 8.96. The Morgan fingerprint density at radius 3 is 2.89 bits per heavy atom. The predicted molar refractivity (Wildman–Crippen MR) is 40.3 cm³/mol. The highest BCUT2D eigenvalue weighted by Crippen LogP contribution is 2.10. The number of nitrogens with two attached hydrogens (primary N) is 1. The van der Waals surface area contributed by atoms with Gasteiger partial charge in [0, 0.05) is 11.2 Å². The van der Waals surface area contributed by atoms with Crippen LogP contribution in [0.3, 0.4) is 0 Å². The number of hydrogen-bond donors (Lipinski definition) is 1. The molecule has 0 amide bonds. The Morgan fingerprint density at radius 1 is 1.44 bits per heavy atom. The number of nitrogen functional groups attached to an aromatic ring is 1. The average molecular weight is 125 g/mol. The average Bonchev–Trinajstić information content (AvgIpc) is 2.03. The molecule has 0 radical (unpaired) electrons. The van der Waals surface area contributed by atoms with E-state index in [1.165, 1.54) is 12.1 Å². The quantitative estimate of drug-likeness (QED) is 0.526. The van der Waals surface area contributed by atoms with Gasteiger partial charge in [0.15, 0.2) is 0 Å². The number of aryl methyl sites for hydroxylation is 2. The molecule has 0 aromatic heterocycles. The van der Waals surface area contributed by atoms with Gasteiger partial charge in [-0.25, -0.2) is 0 Å². The van der Waals surface area contributed by atoms with Crippen molar-refractivity contribution in [1.29, 1.82) is 0 Å². The first-order chi connectivity index (χ1) is 6.02. The number of benzene rings is 1. The summed E-state index contributed by atoms with van der Waals surface area (Å²) in [5.74, 6) is 0. The van der Waals surface area contributed by atoms with E-state index in [9.17, 15) is 0 Å². The number of rotatable bonds is 0. The summed E-state index contributed by atoms with van der Waals surface area (Å²) in [4.78, 5) is 0. The summed E-state index contributed by atoms with van der Waals surface area (Å²) in [6.07, 6.45) is 0. The van der Waals surface area contributed by atoms with Crippen LogP contribution >= 0.6 is 0 Å². The standard InChI is InChI=1S/C8H11N/c1-6-3-4-7(2)8(9)5-6/h3-5H,9H2,1-2H3/i1D2,2D2. The smallest absolute Gasteiger partial charge is 0.0346 e. The summed E-state index contributed by atoms with van der Waals surface area (Å²) in [6, 6.07) is 4.58. The maximum absolute atomic E-state index is 7.13. The molecule has 0 saturated heterocycles. The van der Waals surface area contributed by atoms with Crippen molar-refractivity contribution in [2.75, 3.05) is 5.73 Å². The molecule has 1 aromatic carbocycles. The first kappa shape index (κ1) is 2.74. The third kappa shape index (κ3) is 1.22. The fraction of sp³-hybridized carbons (Fsp3) is 0.250. The SMILES string of the molecule is [2H]C([2H])c1ccc(C([2H])[2H])c(N)c1. The summed E-state index contributed by atoms with van der Waals surface area (Å²) in [5, 5.41) is 0. The maximum atomic E-state index is 7.13. The second-order valence-corrected chi connectivity index (χ2v) is 1.89. The monoisotopic (exact) mass is 125 g/mol. The van der Waals surface area contributed by atoms with Crippen molar-refractivity contribution >= 4 is 5.69 Å². The van der Waals surface area contributed by atoms with E-state index in [-0.39, 0.29) is 0 Å².